The monoisotopic (exact) mass is 548 g/mol. The molecule has 2 aliphatic heterocycles. The molecule has 3 aromatic rings. The van der Waals surface area contributed by atoms with Crippen molar-refractivity contribution in [3.8, 4) is 17.6 Å². The van der Waals surface area contributed by atoms with Gasteiger partial charge in [-0.15, -0.1) is 0 Å². The van der Waals surface area contributed by atoms with E-state index in [1.807, 2.05) is 13.0 Å². The molecule has 206 valence electrons. The predicted octanol–water partition coefficient (Wildman–Crippen LogP) is 3.40. The fourth-order valence-corrected chi connectivity index (χ4v) is 4.80. The Morgan fingerprint density at radius 2 is 1.98 bits per heavy atom. The Labute approximate surface area is 228 Å². The largest absolute Gasteiger partial charge is 0.483 e. The number of aromatic nitrogens is 3. The zero-order chi connectivity index (χ0) is 28.6. The van der Waals surface area contributed by atoms with Crippen molar-refractivity contribution in [3.63, 3.8) is 0 Å². The summed E-state index contributed by atoms with van der Waals surface area (Å²) in [5, 5.41) is 21.7. The van der Waals surface area contributed by atoms with Crippen LogP contribution in [0.4, 0.5) is 13.6 Å². The number of nitrogens with one attached hydrogen (secondary N) is 1. The summed E-state index contributed by atoms with van der Waals surface area (Å²) in [6, 6.07) is 6.32. The van der Waals surface area contributed by atoms with Gasteiger partial charge in [-0.1, -0.05) is 0 Å². The molecule has 0 radical (unpaired) electrons. The van der Waals surface area contributed by atoms with Gasteiger partial charge in [-0.25, -0.2) is 28.3 Å². The molecule has 13 heteroatoms. The number of carbonyl (C=O) groups excluding carboxylic acids is 2. The number of likely N-dealkylation sites (tertiary alicyclic amines) is 1. The molecule has 3 amide bonds. The van der Waals surface area contributed by atoms with Crippen LogP contribution in [0.1, 0.15) is 52.3 Å². The van der Waals surface area contributed by atoms with Gasteiger partial charge in [0.05, 0.1) is 53.9 Å². The summed E-state index contributed by atoms with van der Waals surface area (Å²) >= 11 is 0. The van der Waals surface area contributed by atoms with Gasteiger partial charge in [0, 0.05) is 25.2 Å². The van der Waals surface area contributed by atoms with Crippen LogP contribution in [-0.2, 0) is 0 Å². The first-order chi connectivity index (χ1) is 19.2. The second-order valence-corrected chi connectivity index (χ2v) is 9.50. The summed E-state index contributed by atoms with van der Waals surface area (Å²) in [6.07, 6.45) is 2.49. The van der Waals surface area contributed by atoms with Crippen molar-refractivity contribution < 1.29 is 23.1 Å². The zero-order valence-corrected chi connectivity index (χ0v) is 22.1. The lowest BCUT2D eigenvalue weighted by Gasteiger charge is -2.41. The zero-order valence-electron chi connectivity index (χ0n) is 22.1. The number of rotatable bonds is 6. The molecule has 0 saturated carbocycles. The quantitative estimate of drug-likeness (QED) is 0.503. The minimum atomic E-state index is -0.678. The highest BCUT2D eigenvalue weighted by molar-refractivity contribution is 5.96. The normalized spacial score (nSPS) is 16.6. The lowest BCUT2D eigenvalue weighted by Crippen LogP contribution is -2.58. The van der Waals surface area contributed by atoms with E-state index in [0.29, 0.717) is 35.5 Å². The van der Waals surface area contributed by atoms with E-state index in [4.69, 9.17) is 10.00 Å². The molecule has 1 atom stereocenters. The minimum absolute atomic E-state index is 0.0601. The van der Waals surface area contributed by atoms with Crippen LogP contribution >= 0.6 is 0 Å². The van der Waals surface area contributed by atoms with Gasteiger partial charge < -0.3 is 15.0 Å². The maximum atomic E-state index is 14.6. The molecule has 2 aliphatic rings. The Morgan fingerprint density at radius 1 is 1.20 bits per heavy atom. The summed E-state index contributed by atoms with van der Waals surface area (Å²) in [5.41, 5.74) is 2.12. The Hall–Kier alpha value is -4.86. The molecule has 11 nitrogen and oxygen atoms in total. The van der Waals surface area contributed by atoms with Crippen LogP contribution in [0.2, 0.25) is 0 Å². The highest BCUT2D eigenvalue weighted by Gasteiger charge is 2.39. The molecule has 1 aromatic carbocycles. The first kappa shape index (κ1) is 26.7. The van der Waals surface area contributed by atoms with Crippen molar-refractivity contribution in [2.45, 2.75) is 39.3 Å². The van der Waals surface area contributed by atoms with Crippen LogP contribution in [0.3, 0.4) is 0 Å². The number of benzene rings is 1. The van der Waals surface area contributed by atoms with Gasteiger partial charge in [0.15, 0.2) is 17.4 Å². The van der Waals surface area contributed by atoms with Crippen molar-refractivity contribution >= 4 is 18.2 Å². The number of nitriles is 1. The number of hydrogen-bond donors (Lipinski definition) is 1. The average molecular weight is 549 g/mol. The van der Waals surface area contributed by atoms with Crippen LogP contribution in [0, 0.1) is 36.8 Å². The van der Waals surface area contributed by atoms with Crippen LogP contribution in [0.15, 0.2) is 35.6 Å². The maximum Gasteiger partial charge on any atom is 0.341 e. The number of urea groups is 1. The van der Waals surface area contributed by atoms with Crippen molar-refractivity contribution in [1.82, 2.24) is 30.0 Å². The number of carbonyl (C=O) groups is 2. The molecule has 4 heterocycles. The average Bonchev–Trinajstić information content (AvgIpc) is 3.50. The highest BCUT2D eigenvalue weighted by Crippen LogP contribution is 2.32. The van der Waals surface area contributed by atoms with Gasteiger partial charge in [0.2, 0.25) is 0 Å². The van der Waals surface area contributed by atoms with Crippen molar-refractivity contribution in [1.29, 1.82) is 5.26 Å². The third-order valence-corrected chi connectivity index (χ3v) is 6.75. The summed E-state index contributed by atoms with van der Waals surface area (Å²) < 4.78 is 35.9. The van der Waals surface area contributed by atoms with Gasteiger partial charge in [-0.05, 0) is 44.5 Å². The van der Waals surface area contributed by atoms with Gasteiger partial charge in [-0.3, -0.25) is 4.79 Å². The molecule has 1 fully saturated rings. The predicted molar refractivity (Wildman–Crippen MR) is 139 cm³/mol. The molecule has 40 heavy (non-hydrogen) atoms. The maximum absolute atomic E-state index is 14.6. The molecule has 0 aliphatic carbocycles. The topological polar surface area (TPSA) is 129 Å². The van der Waals surface area contributed by atoms with Crippen LogP contribution < -0.4 is 10.1 Å². The van der Waals surface area contributed by atoms with Gasteiger partial charge in [0.1, 0.15) is 11.9 Å². The fourth-order valence-electron chi connectivity index (χ4n) is 4.80. The molecule has 1 unspecified atom stereocenters. The van der Waals surface area contributed by atoms with E-state index >= 15 is 0 Å². The number of halogens is 2. The summed E-state index contributed by atoms with van der Waals surface area (Å²) in [7, 11) is 0. The number of aryl methyl sites for hydroxylation is 1. The molecule has 2 aromatic heterocycles. The Morgan fingerprint density at radius 3 is 2.70 bits per heavy atom. The molecule has 5 rings (SSSR count). The summed E-state index contributed by atoms with van der Waals surface area (Å²) in [4.78, 5) is 31.2. The highest BCUT2D eigenvalue weighted by atomic mass is 19.1. The summed E-state index contributed by atoms with van der Waals surface area (Å²) in [6.45, 7) is 6.09. The van der Waals surface area contributed by atoms with E-state index in [-0.39, 0.29) is 36.1 Å². The molecule has 1 saturated heterocycles. The molecule has 1 N–H and O–H groups in total. The standard InChI is InChI=1S/C27H26F2N8O3/c1-4-31-26(38)25-15(2)34-36(16(25)3)24-10-23(21(29)12-32-24)40-20-13-35(14-20)27(39)37-22(5-6-33-37)18-7-17(11-30)8-19(28)9-18/h6-10,12,20,22H,4-5,13-14H2,1-3H3,(H,31,38). The van der Waals surface area contributed by atoms with Crippen LogP contribution in [-0.4, -0.2) is 68.6 Å². The van der Waals surface area contributed by atoms with Crippen LogP contribution in [0.5, 0.6) is 5.75 Å². The Bertz CT molecular complexity index is 1560. The SMILES string of the molecule is CCNC(=O)c1c(C)nn(-c2cc(OC3CN(C(=O)N4N=CCC4c4cc(F)cc(C#N)c4)C3)c(F)cn2)c1C. The van der Waals surface area contributed by atoms with Gasteiger partial charge in [0.25, 0.3) is 5.91 Å². The molecular formula is C27H26F2N8O3. The third kappa shape index (κ3) is 4.95. The number of amides is 3. The number of nitrogens with zero attached hydrogens (tertiary/aromatic N) is 7. The first-order valence-electron chi connectivity index (χ1n) is 12.7. The van der Waals surface area contributed by atoms with Gasteiger partial charge >= 0.3 is 6.03 Å². The molecule has 0 bridgehead atoms. The van der Waals surface area contributed by atoms with E-state index in [2.05, 4.69) is 20.5 Å². The van der Waals surface area contributed by atoms with E-state index in [1.54, 1.807) is 20.1 Å². The van der Waals surface area contributed by atoms with E-state index in [0.717, 1.165) is 12.3 Å². The van der Waals surface area contributed by atoms with Crippen molar-refractivity contribution in [2.24, 2.45) is 5.10 Å². The molecule has 0 spiro atoms. The van der Waals surface area contributed by atoms with E-state index in [9.17, 15) is 18.4 Å². The lowest BCUT2D eigenvalue weighted by molar-refractivity contribution is 0.0256. The Kier molecular flexibility index (Phi) is 7.17. The lowest BCUT2D eigenvalue weighted by atomic mass is 10.0. The van der Waals surface area contributed by atoms with Crippen LogP contribution in [0.25, 0.3) is 5.82 Å². The number of ether oxygens (including phenoxy) is 1. The number of hydrazone groups is 1. The second kappa shape index (κ2) is 10.7. The Balaban J connectivity index is 1.26. The number of pyridine rings is 1. The van der Waals surface area contributed by atoms with Crippen molar-refractivity contribution in [2.75, 3.05) is 19.6 Å². The minimum Gasteiger partial charge on any atom is -0.483 e. The fraction of sp³-hybridized carbons (Fsp3) is 0.333. The molecular weight excluding hydrogens is 522 g/mol. The smallest absolute Gasteiger partial charge is 0.341 e. The second-order valence-electron chi connectivity index (χ2n) is 9.50. The number of hydrogen-bond acceptors (Lipinski definition) is 7. The first-order valence-corrected chi connectivity index (χ1v) is 12.7. The van der Waals surface area contributed by atoms with Gasteiger partial charge in [-0.2, -0.15) is 15.5 Å². The summed E-state index contributed by atoms with van der Waals surface area (Å²) in [5.74, 6) is -1.28. The third-order valence-electron chi connectivity index (χ3n) is 6.75. The van der Waals surface area contributed by atoms with E-state index < -0.39 is 29.8 Å². The van der Waals surface area contributed by atoms with Crippen molar-refractivity contribution in [3.05, 3.63) is 70.2 Å². The van der Waals surface area contributed by atoms with E-state index in [1.165, 1.54) is 32.8 Å².